The van der Waals surface area contributed by atoms with Gasteiger partial charge in [0.05, 0.1) is 0 Å². The molecule has 5 nitrogen and oxygen atoms in total. The molecule has 1 aromatic carbocycles. The molecular formula is C23H30N4O. The van der Waals surface area contributed by atoms with E-state index in [0.29, 0.717) is 0 Å². The standard InChI is InChI=1S/C23H30N4O/c28-23(21-8-15-26(16-9-21)18-19-6-12-24-13-7-19)25-11-3-14-27-17-10-20-4-1-2-5-22(20)27/h1-2,4-7,12-13,21H,3,8-11,14-18H2,(H,25,28). The quantitative estimate of drug-likeness (QED) is 0.753. The minimum Gasteiger partial charge on any atom is -0.371 e. The van der Waals surface area contributed by atoms with Crippen molar-refractivity contribution in [2.45, 2.75) is 32.2 Å². The van der Waals surface area contributed by atoms with Crippen LogP contribution in [0.2, 0.25) is 0 Å². The first kappa shape index (κ1) is 18.9. The van der Waals surface area contributed by atoms with Gasteiger partial charge in [0.15, 0.2) is 0 Å². The molecular weight excluding hydrogens is 348 g/mol. The van der Waals surface area contributed by atoms with Crippen molar-refractivity contribution in [3.63, 3.8) is 0 Å². The number of rotatable bonds is 7. The van der Waals surface area contributed by atoms with E-state index in [1.54, 1.807) is 0 Å². The molecule has 28 heavy (non-hydrogen) atoms. The Kier molecular flexibility index (Phi) is 6.22. The summed E-state index contributed by atoms with van der Waals surface area (Å²) >= 11 is 0. The normalized spacial score (nSPS) is 17.5. The van der Waals surface area contributed by atoms with E-state index >= 15 is 0 Å². The molecule has 0 unspecified atom stereocenters. The van der Waals surface area contributed by atoms with Crippen molar-refractivity contribution < 1.29 is 4.79 Å². The fraction of sp³-hybridized carbons (Fsp3) is 0.478. The Morgan fingerprint density at radius 2 is 1.86 bits per heavy atom. The highest BCUT2D eigenvalue weighted by molar-refractivity contribution is 5.78. The van der Waals surface area contributed by atoms with Crippen molar-refractivity contribution in [1.29, 1.82) is 0 Å². The van der Waals surface area contributed by atoms with Crippen molar-refractivity contribution in [2.75, 3.05) is 37.6 Å². The zero-order valence-electron chi connectivity index (χ0n) is 16.5. The number of benzene rings is 1. The Morgan fingerprint density at radius 1 is 1.07 bits per heavy atom. The van der Waals surface area contributed by atoms with Gasteiger partial charge in [-0.25, -0.2) is 0 Å². The lowest BCUT2D eigenvalue weighted by atomic mass is 9.95. The number of carbonyl (C=O) groups is 1. The molecule has 148 valence electrons. The van der Waals surface area contributed by atoms with Gasteiger partial charge in [0.25, 0.3) is 0 Å². The molecule has 0 spiro atoms. The molecule has 0 saturated carbocycles. The summed E-state index contributed by atoms with van der Waals surface area (Å²) in [5, 5.41) is 3.17. The summed E-state index contributed by atoms with van der Waals surface area (Å²) in [5.74, 6) is 0.409. The number of fused-ring (bicyclic) bond motifs is 1. The van der Waals surface area contributed by atoms with Gasteiger partial charge in [-0.3, -0.25) is 14.7 Å². The lowest BCUT2D eigenvalue weighted by Gasteiger charge is -2.31. The Labute approximate surface area is 167 Å². The topological polar surface area (TPSA) is 48.5 Å². The first-order valence-electron chi connectivity index (χ1n) is 10.5. The zero-order valence-corrected chi connectivity index (χ0v) is 16.5. The van der Waals surface area contributed by atoms with Gasteiger partial charge in [-0.15, -0.1) is 0 Å². The average Bonchev–Trinajstić information content (AvgIpc) is 3.15. The molecule has 1 amide bonds. The fourth-order valence-corrected chi connectivity index (χ4v) is 4.36. The Morgan fingerprint density at radius 3 is 2.68 bits per heavy atom. The highest BCUT2D eigenvalue weighted by Crippen LogP contribution is 2.27. The minimum absolute atomic E-state index is 0.168. The smallest absolute Gasteiger partial charge is 0.223 e. The molecule has 4 rings (SSSR count). The van der Waals surface area contributed by atoms with Crippen LogP contribution in [0.4, 0.5) is 5.69 Å². The summed E-state index contributed by atoms with van der Waals surface area (Å²) in [5.41, 5.74) is 4.11. The summed E-state index contributed by atoms with van der Waals surface area (Å²) in [4.78, 5) is 21.5. The van der Waals surface area contributed by atoms with Crippen LogP contribution in [0, 0.1) is 5.92 Å². The van der Waals surface area contributed by atoms with Crippen LogP contribution < -0.4 is 10.2 Å². The molecule has 2 aromatic rings. The number of hydrogen-bond acceptors (Lipinski definition) is 4. The van der Waals surface area contributed by atoms with Gasteiger partial charge >= 0.3 is 0 Å². The third kappa shape index (κ3) is 4.71. The molecule has 1 saturated heterocycles. The number of para-hydroxylation sites is 1. The number of pyridine rings is 1. The van der Waals surface area contributed by atoms with Crippen molar-refractivity contribution in [1.82, 2.24) is 15.2 Å². The number of nitrogens with one attached hydrogen (secondary N) is 1. The number of amides is 1. The van der Waals surface area contributed by atoms with Crippen LogP contribution in [0.5, 0.6) is 0 Å². The van der Waals surface area contributed by atoms with Crippen LogP contribution in [0.3, 0.4) is 0 Å². The Balaban J connectivity index is 1.14. The lowest BCUT2D eigenvalue weighted by Crippen LogP contribution is -2.40. The van der Waals surface area contributed by atoms with Crippen LogP contribution in [0.1, 0.15) is 30.4 Å². The van der Waals surface area contributed by atoms with Crippen molar-refractivity contribution in [2.24, 2.45) is 5.92 Å². The minimum atomic E-state index is 0.168. The number of hydrogen-bond donors (Lipinski definition) is 1. The van der Waals surface area contributed by atoms with Crippen LogP contribution in [-0.2, 0) is 17.8 Å². The number of nitrogens with zero attached hydrogens (tertiary/aromatic N) is 3. The first-order chi connectivity index (χ1) is 13.8. The van der Waals surface area contributed by atoms with Gasteiger partial charge in [-0.1, -0.05) is 18.2 Å². The molecule has 2 aliphatic rings. The number of likely N-dealkylation sites (tertiary alicyclic amines) is 1. The second kappa shape index (κ2) is 9.20. The molecule has 1 aromatic heterocycles. The van der Waals surface area contributed by atoms with Gasteiger partial charge in [-0.2, -0.15) is 0 Å². The van der Waals surface area contributed by atoms with Crippen LogP contribution in [0.15, 0.2) is 48.8 Å². The average molecular weight is 379 g/mol. The maximum atomic E-state index is 12.5. The molecule has 5 heteroatoms. The third-order valence-corrected chi connectivity index (χ3v) is 6.00. The van der Waals surface area contributed by atoms with E-state index in [9.17, 15) is 4.79 Å². The summed E-state index contributed by atoms with van der Waals surface area (Å²) in [6.07, 6.45) is 7.74. The molecule has 2 aliphatic heterocycles. The van der Waals surface area contributed by atoms with Gasteiger partial charge in [0.1, 0.15) is 0 Å². The highest BCUT2D eigenvalue weighted by Gasteiger charge is 2.25. The maximum absolute atomic E-state index is 12.5. The van der Waals surface area contributed by atoms with Crippen molar-refractivity contribution in [3.8, 4) is 0 Å². The lowest BCUT2D eigenvalue weighted by molar-refractivity contribution is -0.126. The summed E-state index contributed by atoms with van der Waals surface area (Å²) in [6.45, 7) is 5.82. The van der Waals surface area contributed by atoms with E-state index in [2.05, 4.69) is 56.5 Å². The predicted molar refractivity (Wildman–Crippen MR) is 112 cm³/mol. The van der Waals surface area contributed by atoms with Gasteiger partial charge in [0.2, 0.25) is 5.91 Å². The SMILES string of the molecule is O=C(NCCCN1CCc2ccccc21)C1CCN(Cc2ccncc2)CC1. The molecule has 0 radical (unpaired) electrons. The predicted octanol–water partition coefficient (Wildman–Crippen LogP) is 2.86. The van der Waals surface area contributed by atoms with Crippen LogP contribution >= 0.6 is 0 Å². The summed E-state index contributed by atoms with van der Waals surface area (Å²) in [6, 6.07) is 12.8. The van der Waals surface area contributed by atoms with Gasteiger partial charge in [0, 0.05) is 50.2 Å². The summed E-state index contributed by atoms with van der Waals surface area (Å²) in [7, 11) is 0. The molecule has 1 N–H and O–H groups in total. The van der Waals surface area contributed by atoms with Gasteiger partial charge < -0.3 is 10.2 Å². The Hall–Kier alpha value is -2.40. The molecule has 3 heterocycles. The maximum Gasteiger partial charge on any atom is 0.223 e. The van der Waals surface area contributed by atoms with Gasteiger partial charge in [-0.05, 0) is 68.1 Å². The molecule has 1 fully saturated rings. The van der Waals surface area contributed by atoms with Crippen LogP contribution in [-0.4, -0.2) is 48.5 Å². The first-order valence-corrected chi connectivity index (χ1v) is 10.5. The number of piperidine rings is 1. The second-order valence-corrected chi connectivity index (χ2v) is 7.92. The number of anilines is 1. The van der Waals surface area contributed by atoms with E-state index in [1.807, 2.05) is 12.4 Å². The van der Waals surface area contributed by atoms with E-state index in [-0.39, 0.29) is 11.8 Å². The van der Waals surface area contributed by atoms with Crippen molar-refractivity contribution >= 4 is 11.6 Å². The zero-order chi connectivity index (χ0) is 19.2. The van der Waals surface area contributed by atoms with E-state index in [0.717, 1.165) is 65.0 Å². The fourth-order valence-electron chi connectivity index (χ4n) is 4.36. The highest BCUT2D eigenvalue weighted by atomic mass is 16.1. The molecule has 0 atom stereocenters. The molecule has 0 aliphatic carbocycles. The Bertz CT molecular complexity index is 771. The monoisotopic (exact) mass is 378 g/mol. The second-order valence-electron chi connectivity index (χ2n) is 7.92. The van der Waals surface area contributed by atoms with Crippen molar-refractivity contribution in [3.05, 3.63) is 59.9 Å². The number of aromatic nitrogens is 1. The summed E-state index contributed by atoms with van der Waals surface area (Å²) < 4.78 is 0. The molecule has 0 bridgehead atoms. The largest absolute Gasteiger partial charge is 0.371 e. The van der Waals surface area contributed by atoms with Crippen LogP contribution in [0.25, 0.3) is 0 Å². The van der Waals surface area contributed by atoms with E-state index < -0.39 is 0 Å². The number of carbonyl (C=O) groups excluding carboxylic acids is 1. The van der Waals surface area contributed by atoms with E-state index in [1.165, 1.54) is 16.8 Å². The van der Waals surface area contributed by atoms with E-state index in [4.69, 9.17) is 0 Å². The third-order valence-electron chi connectivity index (χ3n) is 6.00.